The predicted molar refractivity (Wildman–Crippen MR) is 85.1 cm³/mol. The summed E-state index contributed by atoms with van der Waals surface area (Å²) >= 11 is 11.3. The Morgan fingerprint density at radius 2 is 2.33 bits per heavy atom. The Balaban J connectivity index is 2.01. The lowest BCUT2D eigenvalue weighted by Gasteiger charge is -2.52. The highest BCUT2D eigenvalue weighted by Crippen LogP contribution is 2.46. The van der Waals surface area contributed by atoms with Gasteiger partial charge in [0, 0.05) is 13.0 Å². The van der Waals surface area contributed by atoms with Crippen molar-refractivity contribution in [2.24, 2.45) is 0 Å². The summed E-state index contributed by atoms with van der Waals surface area (Å²) < 4.78 is 20.4. The number of thiocarbonyl (C=S) groups is 1. The molecule has 2 aliphatic rings. The van der Waals surface area contributed by atoms with E-state index in [-0.39, 0.29) is 11.1 Å². The second-order valence-electron chi connectivity index (χ2n) is 5.76. The van der Waals surface area contributed by atoms with E-state index in [0.717, 1.165) is 19.4 Å². The largest absolute Gasteiger partial charge is 0.468 e. The first-order valence-corrected chi connectivity index (χ1v) is 8.00. The molecule has 3 nitrogen and oxygen atoms in total. The molecule has 6 heteroatoms. The average molecular weight is 329 g/mol. The lowest BCUT2D eigenvalue weighted by atomic mass is 9.90. The van der Waals surface area contributed by atoms with Gasteiger partial charge in [-0.2, -0.15) is 0 Å². The molecule has 0 spiro atoms. The first-order valence-electron chi connectivity index (χ1n) is 7.21. The predicted octanol–water partition coefficient (Wildman–Crippen LogP) is 4.01. The number of nitrogens with one attached hydrogen (secondary N) is 1. The number of hydrogen-bond acceptors (Lipinski definition) is 2. The normalized spacial score (nSPS) is 27.0. The topological polar surface area (TPSA) is 24.5 Å². The summed E-state index contributed by atoms with van der Waals surface area (Å²) in [5.74, 6) is 0.130. The number of ether oxygens (including phenoxy) is 1. The Hall–Kier alpha value is -1.07. The van der Waals surface area contributed by atoms with Crippen LogP contribution in [0.1, 0.15) is 44.7 Å². The van der Waals surface area contributed by atoms with Crippen molar-refractivity contribution >= 4 is 28.9 Å². The first kappa shape index (κ1) is 14.9. The third-order valence-electron chi connectivity index (χ3n) is 4.20. The summed E-state index contributed by atoms with van der Waals surface area (Å²) in [6.45, 7) is 4.98. The zero-order valence-corrected chi connectivity index (χ0v) is 13.7. The Labute approximate surface area is 134 Å². The SMILES string of the molecule is CCCCN1C(=S)NC2CC1(C)Oc1ccc(Cl)c(F)c12. The Kier molecular flexibility index (Phi) is 3.74. The molecular weight excluding hydrogens is 311 g/mol. The smallest absolute Gasteiger partial charge is 0.184 e. The average Bonchev–Trinajstić information content (AvgIpc) is 2.42. The van der Waals surface area contributed by atoms with Crippen molar-refractivity contribution in [1.82, 2.24) is 10.2 Å². The molecule has 0 aromatic heterocycles. The van der Waals surface area contributed by atoms with E-state index in [0.29, 0.717) is 22.8 Å². The van der Waals surface area contributed by atoms with Crippen molar-refractivity contribution in [3.8, 4) is 5.75 Å². The molecule has 2 heterocycles. The molecule has 0 saturated carbocycles. The molecular formula is C15H18ClFN2OS. The Morgan fingerprint density at radius 3 is 3.05 bits per heavy atom. The fourth-order valence-corrected chi connectivity index (χ4v) is 3.70. The molecule has 2 bridgehead atoms. The van der Waals surface area contributed by atoms with Crippen LogP contribution in [0.5, 0.6) is 5.75 Å². The van der Waals surface area contributed by atoms with Gasteiger partial charge in [0.05, 0.1) is 16.6 Å². The van der Waals surface area contributed by atoms with Crippen LogP contribution in [0.25, 0.3) is 0 Å². The zero-order chi connectivity index (χ0) is 15.2. The molecule has 1 fully saturated rings. The summed E-state index contributed by atoms with van der Waals surface area (Å²) in [5, 5.41) is 3.97. The lowest BCUT2D eigenvalue weighted by molar-refractivity contribution is -0.0693. The minimum atomic E-state index is -0.532. The van der Waals surface area contributed by atoms with Crippen LogP contribution in [0.15, 0.2) is 12.1 Å². The van der Waals surface area contributed by atoms with Crippen LogP contribution in [0.4, 0.5) is 4.39 Å². The lowest BCUT2D eigenvalue weighted by Crippen LogP contribution is -2.64. The molecule has 21 heavy (non-hydrogen) atoms. The van der Waals surface area contributed by atoms with Crippen LogP contribution in [-0.4, -0.2) is 22.3 Å². The van der Waals surface area contributed by atoms with Crippen LogP contribution in [0.3, 0.4) is 0 Å². The molecule has 1 aromatic carbocycles. The molecule has 0 radical (unpaired) electrons. The molecule has 114 valence electrons. The second-order valence-corrected chi connectivity index (χ2v) is 6.56. The summed E-state index contributed by atoms with van der Waals surface area (Å²) in [7, 11) is 0. The van der Waals surface area contributed by atoms with Crippen molar-refractivity contribution in [3.05, 3.63) is 28.5 Å². The van der Waals surface area contributed by atoms with Gasteiger partial charge in [-0.1, -0.05) is 24.9 Å². The van der Waals surface area contributed by atoms with Gasteiger partial charge in [0.2, 0.25) is 0 Å². The van der Waals surface area contributed by atoms with Crippen molar-refractivity contribution in [3.63, 3.8) is 0 Å². The van der Waals surface area contributed by atoms with Gasteiger partial charge in [-0.3, -0.25) is 0 Å². The van der Waals surface area contributed by atoms with E-state index >= 15 is 0 Å². The fraction of sp³-hybridized carbons (Fsp3) is 0.533. The van der Waals surface area contributed by atoms with Gasteiger partial charge in [-0.15, -0.1) is 0 Å². The maximum atomic E-state index is 14.3. The maximum Gasteiger partial charge on any atom is 0.184 e. The number of hydrogen-bond donors (Lipinski definition) is 1. The zero-order valence-electron chi connectivity index (χ0n) is 12.1. The number of rotatable bonds is 3. The van der Waals surface area contributed by atoms with Crippen LogP contribution in [-0.2, 0) is 0 Å². The molecule has 2 atom stereocenters. The third-order valence-corrected chi connectivity index (χ3v) is 4.83. The summed E-state index contributed by atoms with van der Waals surface area (Å²) in [5.41, 5.74) is -0.0485. The van der Waals surface area contributed by atoms with Gasteiger partial charge < -0.3 is 15.0 Å². The summed E-state index contributed by atoms with van der Waals surface area (Å²) in [6, 6.07) is 3.08. The van der Waals surface area contributed by atoms with Crippen molar-refractivity contribution < 1.29 is 9.13 Å². The van der Waals surface area contributed by atoms with Crippen molar-refractivity contribution in [1.29, 1.82) is 0 Å². The Bertz CT molecular complexity index is 597. The number of fused-ring (bicyclic) bond motifs is 4. The van der Waals surface area contributed by atoms with Gasteiger partial charge in [0.1, 0.15) is 5.75 Å². The highest BCUT2D eigenvalue weighted by Gasteiger charge is 2.48. The number of benzene rings is 1. The number of unbranched alkanes of at least 4 members (excludes halogenated alkanes) is 1. The minimum absolute atomic E-state index is 0.113. The van der Waals surface area contributed by atoms with Gasteiger partial charge in [0.15, 0.2) is 16.7 Å². The highest BCUT2D eigenvalue weighted by atomic mass is 35.5. The number of halogens is 2. The van der Waals surface area contributed by atoms with Crippen molar-refractivity contribution in [2.75, 3.05) is 6.54 Å². The fourth-order valence-electron chi connectivity index (χ4n) is 3.11. The molecule has 2 unspecified atom stereocenters. The minimum Gasteiger partial charge on any atom is -0.468 e. The highest BCUT2D eigenvalue weighted by molar-refractivity contribution is 7.80. The molecule has 0 aliphatic carbocycles. The number of nitrogens with zero attached hydrogens (tertiary/aromatic N) is 1. The van der Waals surface area contributed by atoms with Gasteiger partial charge in [-0.05, 0) is 37.7 Å². The summed E-state index contributed by atoms with van der Waals surface area (Å²) in [6.07, 6.45) is 2.76. The van der Waals surface area contributed by atoms with E-state index in [4.69, 9.17) is 28.6 Å². The van der Waals surface area contributed by atoms with Crippen molar-refractivity contribution in [2.45, 2.75) is 44.9 Å². The monoisotopic (exact) mass is 328 g/mol. The Morgan fingerprint density at radius 1 is 1.57 bits per heavy atom. The van der Waals surface area contributed by atoms with Crippen LogP contribution >= 0.6 is 23.8 Å². The molecule has 1 saturated heterocycles. The molecule has 1 aromatic rings. The van der Waals surface area contributed by atoms with E-state index in [1.54, 1.807) is 6.07 Å². The van der Waals surface area contributed by atoms with E-state index in [9.17, 15) is 4.39 Å². The third kappa shape index (κ3) is 2.36. The van der Waals surface area contributed by atoms with E-state index < -0.39 is 11.5 Å². The maximum absolute atomic E-state index is 14.3. The van der Waals surface area contributed by atoms with Crippen LogP contribution in [0, 0.1) is 5.82 Å². The standard InChI is InChI=1S/C15H18ClFN2OS/c1-3-4-7-19-14(21)18-10-8-15(19,2)20-11-6-5-9(16)13(17)12(10)11/h5-6,10H,3-4,7-8H2,1-2H3,(H,18,21). The van der Waals surface area contributed by atoms with Gasteiger partial charge in [-0.25, -0.2) is 4.39 Å². The van der Waals surface area contributed by atoms with Gasteiger partial charge in [0.25, 0.3) is 0 Å². The molecule has 3 rings (SSSR count). The van der Waals surface area contributed by atoms with E-state index in [1.165, 1.54) is 6.07 Å². The van der Waals surface area contributed by atoms with E-state index in [1.807, 2.05) is 6.92 Å². The molecule has 2 aliphatic heterocycles. The van der Waals surface area contributed by atoms with Gasteiger partial charge >= 0.3 is 0 Å². The second kappa shape index (κ2) is 5.29. The van der Waals surface area contributed by atoms with E-state index in [2.05, 4.69) is 17.1 Å². The molecule has 0 amide bonds. The first-order chi connectivity index (χ1) is 9.96. The quantitative estimate of drug-likeness (QED) is 0.847. The molecule has 1 N–H and O–H groups in total. The summed E-state index contributed by atoms with van der Waals surface area (Å²) in [4.78, 5) is 2.07. The van der Waals surface area contributed by atoms with Crippen LogP contribution < -0.4 is 10.1 Å². The van der Waals surface area contributed by atoms with Crippen LogP contribution in [0.2, 0.25) is 5.02 Å².